The van der Waals surface area contributed by atoms with Crippen LogP contribution in [0.4, 0.5) is 0 Å². The van der Waals surface area contributed by atoms with Gasteiger partial charge in [0.1, 0.15) is 5.78 Å². The fourth-order valence-electron chi connectivity index (χ4n) is 2.47. The van der Waals surface area contributed by atoms with E-state index in [9.17, 15) is 4.79 Å². The zero-order chi connectivity index (χ0) is 18.4. The van der Waals surface area contributed by atoms with Crippen molar-refractivity contribution in [3.63, 3.8) is 0 Å². The first kappa shape index (κ1) is 22.6. The van der Waals surface area contributed by atoms with Gasteiger partial charge in [0.2, 0.25) is 0 Å². The van der Waals surface area contributed by atoms with Gasteiger partial charge in [-0.25, -0.2) is 0 Å². The third-order valence-corrected chi connectivity index (χ3v) is 4.01. The molecule has 24 heavy (non-hydrogen) atoms. The van der Waals surface area contributed by atoms with Crippen LogP contribution in [-0.4, -0.2) is 5.78 Å². The van der Waals surface area contributed by atoms with Gasteiger partial charge >= 0.3 is 0 Å². The molecule has 136 valence electrons. The van der Waals surface area contributed by atoms with Gasteiger partial charge in [-0.05, 0) is 80.1 Å². The molecule has 0 aromatic heterocycles. The average molecular weight is 331 g/mol. The fourth-order valence-corrected chi connectivity index (χ4v) is 2.47. The van der Waals surface area contributed by atoms with Gasteiger partial charge in [0.25, 0.3) is 0 Å². The van der Waals surface area contributed by atoms with E-state index in [1.54, 1.807) is 0 Å². The summed E-state index contributed by atoms with van der Waals surface area (Å²) in [6.07, 6.45) is 16.6. The maximum absolute atomic E-state index is 11.9. The maximum Gasteiger partial charge on any atom is 0.133 e. The van der Waals surface area contributed by atoms with Crippen LogP contribution in [0.25, 0.3) is 0 Å². The summed E-state index contributed by atoms with van der Waals surface area (Å²) in [4.78, 5) is 11.9. The van der Waals surface area contributed by atoms with Crippen LogP contribution in [0.2, 0.25) is 0 Å². The summed E-state index contributed by atoms with van der Waals surface area (Å²) in [5.41, 5.74) is 5.55. The van der Waals surface area contributed by atoms with E-state index >= 15 is 0 Å². The summed E-state index contributed by atoms with van der Waals surface area (Å²) in [6, 6.07) is 0. The Morgan fingerprint density at radius 3 is 1.21 bits per heavy atom. The van der Waals surface area contributed by atoms with Crippen molar-refractivity contribution in [2.75, 3.05) is 0 Å². The summed E-state index contributed by atoms with van der Waals surface area (Å²) in [7, 11) is 0. The zero-order valence-corrected chi connectivity index (χ0v) is 16.9. The van der Waals surface area contributed by atoms with Crippen molar-refractivity contribution in [3.05, 3.63) is 46.6 Å². The molecule has 0 saturated carbocycles. The molecule has 0 saturated heterocycles. The Balaban J connectivity index is 3.90. The predicted molar refractivity (Wildman–Crippen MR) is 108 cm³/mol. The number of carbonyl (C=O) groups is 1. The normalized spacial score (nSPS) is 12.1. The molecule has 0 rings (SSSR count). The van der Waals surface area contributed by atoms with Crippen molar-refractivity contribution >= 4 is 5.78 Å². The second-order valence-corrected chi connectivity index (χ2v) is 7.36. The highest BCUT2D eigenvalue weighted by Crippen LogP contribution is 2.11. The van der Waals surface area contributed by atoms with E-state index in [0.717, 1.165) is 38.5 Å². The van der Waals surface area contributed by atoms with E-state index in [2.05, 4.69) is 65.8 Å². The summed E-state index contributed by atoms with van der Waals surface area (Å²) < 4.78 is 0. The molecule has 1 nitrogen and oxygen atoms in total. The smallest absolute Gasteiger partial charge is 0.133 e. The molecular formula is C23H38O. The molecule has 0 radical (unpaired) electrons. The number of Topliss-reactive ketones (excluding diaryl/α,β-unsaturated/α-hetero) is 1. The highest BCUT2D eigenvalue weighted by Gasteiger charge is 2.00. The number of allylic oxidation sites excluding steroid dienone is 8. The molecule has 0 heterocycles. The molecule has 1 heteroatoms. The van der Waals surface area contributed by atoms with E-state index in [0.29, 0.717) is 18.6 Å². The topological polar surface area (TPSA) is 17.1 Å². The fraction of sp³-hybridized carbons (Fsp3) is 0.609. The largest absolute Gasteiger partial charge is 0.300 e. The van der Waals surface area contributed by atoms with Gasteiger partial charge in [-0.1, -0.05) is 46.6 Å². The molecule has 0 aliphatic carbocycles. The lowest BCUT2D eigenvalue weighted by atomic mass is 10.0. The summed E-state index contributed by atoms with van der Waals surface area (Å²) in [5, 5.41) is 0. The molecule has 0 amide bonds. The second-order valence-electron chi connectivity index (χ2n) is 7.36. The molecule has 0 N–H and O–H groups in total. The Bertz CT molecular complexity index is 434. The van der Waals surface area contributed by atoms with Crippen molar-refractivity contribution in [1.82, 2.24) is 0 Å². The summed E-state index contributed by atoms with van der Waals surface area (Å²) in [5.74, 6) is 0.386. The van der Waals surface area contributed by atoms with Crippen LogP contribution >= 0.6 is 0 Å². The van der Waals surface area contributed by atoms with Crippen molar-refractivity contribution in [1.29, 1.82) is 0 Å². The van der Waals surface area contributed by atoms with E-state index in [1.807, 2.05) is 0 Å². The number of ketones is 1. The molecule has 0 fully saturated rings. The monoisotopic (exact) mass is 330 g/mol. The quantitative estimate of drug-likeness (QED) is 0.338. The zero-order valence-electron chi connectivity index (χ0n) is 16.9. The van der Waals surface area contributed by atoms with Crippen molar-refractivity contribution in [2.24, 2.45) is 0 Å². The first-order valence-electron chi connectivity index (χ1n) is 9.41. The number of carbonyl (C=O) groups excluding carboxylic acids is 1. The minimum Gasteiger partial charge on any atom is -0.300 e. The predicted octanol–water partition coefficient (Wildman–Crippen LogP) is 7.50. The molecular weight excluding hydrogens is 292 g/mol. The highest BCUT2D eigenvalue weighted by atomic mass is 16.1. The lowest BCUT2D eigenvalue weighted by molar-refractivity contribution is -0.118. The van der Waals surface area contributed by atoms with Crippen LogP contribution in [-0.2, 0) is 4.79 Å². The Morgan fingerprint density at radius 2 is 0.875 bits per heavy atom. The average Bonchev–Trinajstić information content (AvgIpc) is 2.46. The molecule has 0 unspecified atom stereocenters. The molecule has 0 atom stereocenters. The standard InChI is InChI=1S/C23H38O/c1-19(2)11-7-13-21(5)15-9-17-23(24)18-10-16-22(6)14-8-12-20(3)4/h11-12,15-16H,7-10,13-14,17-18H2,1-6H3/b21-15+,22-16+. The number of rotatable bonds is 12. The SMILES string of the molecule is CC(C)=CCC/C(C)=C/CCC(=O)CC/C=C(\C)CCC=C(C)C. The Morgan fingerprint density at radius 1 is 0.542 bits per heavy atom. The Labute approximate surface area is 150 Å². The van der Waals surface area contributed by atoms with Crippen molar-refractivity contribution < 1.29 is 4.79 Å². The van der Waals surface area contributed by atoms with Crippen LogP contribution in [0.3, 0.4) is 0 Å². The van der Waals surface area contributed by atoms with E-state index in [-0.39, 0.29) is 0 Å². The van der Waals surface area contributed by atoms with Gasteiger partial charge in [-0.3, -0.25) is 4.79 Å². The maximum atomic E-state index is 11.9. The second kappa shape index (κ2) is 14.0. The summed E-state index contributed by atoms with van der Waals surface area (Å²) in [6.45, 7) is 12.9. The minimum atomic E-state index is 0.386. The van der Waals surface area contributed by atoms with E-state index in [4.69, 9.17) is 0 Å². The number of hydrogen-bond donors (Lipinski definition) is 0. The minimum absolute atomic E-state index is 0.386. The van der Waals surface area contributed by atoms with Crippen molar-refractivity contribution in [3.8, 4) is 0 Å². The highest BCUT2D eigenvalue weighted by molar-refractivity contribution is 5.78. The lowest BCUT2D eigenvalue weighted by Crippen LogP contribution is -1.96. The molecule has 0 aromatic carbocycles. The lowest BCUT2D eigenvalue weighted by Gasteiger charge is -2.01. The van der Waals surface area contributed by atoms with E-state index < -0.39 is 0 Å². The Kier molecular flexibility index (Phi) is 13.2. The van der Waals surface area contributed by atoms with Gasteiger partial charge in [0, 0.05) is 12.8 Å². The Hall–Kier alpha value is -1.37. The van der Waals surface area contributed by atoms with Gasteiger partial charge < -0.3 is 0 Å². The summed E-state index contributed by atoms with van der Waals surface area (Å²) >= 11 is 0. The van der Waals surface area contributed by atoms with Gasteiger partial charge in [0.05, 0.1) is 0 Å². The number of hydrogen-bond acceptors (Lipinski definition) is 1. The van der Waals surface area contributed by atoms with Gasteiger partial charge in [-0.15, -0.1) is 0 Å². The molecule has 0 aliphatic rings. The van der Waals surface area contributed by atoms with Gasteiger partial charge in [-0.2, -0.15) is 0 Å². The van der Waals surface area contributed by atoms with Crippen LogP contribution in [0, 0.1) is 0 Å². The van der Waals surface area contributed by atoms with Crippen LogP contribution < -0.4 is 0 Å². The molecule has 0 aliphatic heterocycles. The van der Waals surface area contributed by atoms with E-state index in [1.165, 1.54) is 22.3 Å². The van der Waals surface area contributed by atoms with Crippen LogP contribution in [0.5, 0.6) is 0 Å². The van der Waals surface area contributed by atoms with Crippen LogP contribution in [0.1, 0.15) is 92.9 Å². The third kappa shape index (κ3) is 15.5. The van der Waals surface area contributed by atoms with Crippen molar-refractivity contribution in [2.45, 2.75) is 92.9 Å². The van der Waals surface area contributed by atoms with Crippen LogP contribution in [0.15, 0.2) is 46.6 Å². The van der Waals surface area contributed by atoms with Gasteiger partial charge in [0.15, 0.2) is 0 Å². The third-order valence-electron chi connectivity index (χ3n) is 4.01. The first-order valence-corrected chi connectivity index (χ1v) is 9.41. The first-order chi connectivity index (χ1) is 11.3. The molecule has 0 aromatic rings. The molecule has 0 bridgehead atoms. The molecule has 0 spiro atoms.